The van der Waals surface area contributed by atoms with Crippen LogP contribution in [0.1, 0.15) is 47.2 Å². The van der Waals surface area contributed by atoms with Gasteiger partial charge in [0.05, 0.1) is 17.8 Å². The van der Waals surface area contributed by atoms with E-state index in [1.807, 2.05) is 6.92 Å². The summed E-state index contributed by atoms with van der Waals surface area (Å²) >= 11 is 0. The van der Waals surface area contributed by atoms with Crippen LogP contribution in [0.5, 0.6) is 5.75 Å². The van der Waals surface area contributed by atoms with Gasteiger partial charge in [-0.3, -0.25) is 4.79 Å². The molecular weight excluding hydrogens is 467 g/mol. The standard InChI is InChI=1S/C22H22F3N7O3/c1-12-10-31-19(29-18(12)32-11-26-13(2)30-32)16(9-27-31)20(33)28-17(21(3,4)34)14-5-7-15(8-6-14)35-22(23,24)25/h5-11,17,34H,1-4H3,(H,28,33)/t17-/m0/s1. The third kappa shape index (κ3) is 5.24. The first-order valence-corrected chi connectivity index (χ1v) is 10.4. The number of benzene rings is 1. The Morgan fingerprint density at radius 3 is 2.43 bits per heavy atom. The SMILES string of the molecule is Cc1ncn(-c2nc3c(C(=O)N[C@@H](c4ccc(OC(F)(F)F)cc4)C(C)(C)O)cnn3cc2C)n1. The van der Waals surface area contributed by atoms with Crippen LogP contribution in [0.25, 0.3) is 11.5 Å². The molecule has 0 aliphatic carbocycles. The van der Waals surface area contributed by atoms with Gasteiger partial charge < -0.3 is 15.2 Å². The Morgan fingerprint density at radius 2 is 1.86 bits per heavy atom. The van der Waals surface area contributed by atoms with Crippen molar-refractivity contribution in [1.82, 2.24) is 34.7 Å². The van der Waals surface area contributed by atoms with Crippen LogP contribution in [-0.4, -0.2) is 52.3 Å². The number of ether oxygens (including phenoxy) is 1. The Bertz CT molecular complexity index is 1370. The van der Waals surface area contributed by atoms with Gasteiger partial charge in [0.2, 0.25) is 0 Å². The van der Waals surface area contributed by atoms with Crippen molar-refractivity contribution in [3.8, 4) is 11.6 Å². The monoisotopic (exact) mass is 489 g/mol. The average Bonchev–Trinajstić information content (AvgIpc) is 3.35. The zero-order valence-corrected chi connectivity index (χ0v) is 19.2. The van der Waals surface area contributed by atoms with E-state index in [9.17, 15) is 23.1 Å². The summed E-state index contributed by atoms with van der Waals surface area (Å²) in [5.41, 5.74) is 0.0415. The number of aliphatic hydroxyl groups is 1. The van der Waals surface area contributed by atoms with Crippen LogP contribution in [0.15, 0.2) is 43.0 Å². The number of alkyl halides is 3. The third-order valence-corrected chi connectivity index (χ3v) is 5.15. The molecule has 35 heavy (non-hydrogen) atoms. The van der Waals surface area contributed by atoms with Crippen molar-refractivity contribution >= 4 is 11.6 Å². The van der Waals surface area contributed by atoms with Gasteiger partial charge in [0.25, 0.3) is 5.91 Å². The van der Waals surface area contributed by atoms with E-state index in [0.29, 0.717) is 17.2 Å². The van der Waals surface area contributed by atoms with Crippen molar-refractivity contribution in [1.29, 1.82) is 0 Å². The van der Waals surface area contributed by atoms with E-state index in [1.54, 1.807) is 13.1 Å². The van der Waals surface area contributed by atoms with E-state index >= 15 is 0 Å². The molecule has 0 fully saturated rings. The fourth-order valence-electron chi connectivity index (χ4n) is 3.57. The lowest BCUT2D eigenvalue weighted by molar-refractivity contribution is -0.274. The summed E-state index contributed by atoms with van der Waals surface area (Å²) in [6.07, 6.45) is -0.286. The van der Waals surface area contributed by atoms with Crippen molar-refractivity contribution in [2.45, 2.75) is 45.7 Å². The number of nitrogens with one attached hydrogen (secondary N) is 1. The molecule has 3 heterocycles. The predicted molar refractivity (Wildman–Crippen MR) is 117 cm³/mol. The first kappa shape index (κ1) is 24.1. The smallest absolute Gasteiger partial charge is 0.406 e. The highest BCUT2D eigenvalue weighted by Gasteiger charge is 2.33. The van der Waals surface area contributed by atoms with Gasteiger partial charge in [0.1, 0.15) is 23.5 Å². The number of carbonyl (C=O) groups is 1. The van der Waals surface area contributed by atoms with E-state index < -0.39 is 29.7 Å². The maximum Gasteiger partial charge on any atom is 0.573 e. The number of rotatable bonds is 6. The molecule has 10 nitrogen and oxygen atoms in total. The number of carbonyl (C=O) groups excluding carboxylic acids is 1. The van der Waals surface area contributed by atoms with Crippen molar-refractivity contribution in [3.63, 3.8) is 0 Å². The first-order chi connectivity index (χ1) is 16.3. The number of nitrogens with zero attached hydrogens (tertiary/aromatic N) is 6. The highest BCUT2D eigenvalue weighted by molar-refractivity contribution is 6.00. The number of aryl methyl sites for hydroxylation is 2. The Hall–Kier alpha value is -4.00. The number of amides is 1. The van der Waals surface area contributed by atoms with E-state index in [4.69, 9.17) is 0 Å². The largest absolute Gasteiger partial charge is 0.573 e. The lowest BCUT2D eigenvalue weighted by atomic mass is 9.91. The molecule has 0 aliphatic heterocycles. The van der Waals surface area contributed by atoms with Crippen molar-refractivity contribution in [2.24, 2.45) is 0 Å². The fourth-order valence-corrected chi connectivity index (χ4v) is 3.57. The fraction of sp³-hybridized carbons (Fsp3) is 0.318. The summed E-state index contributed by atoms with van der Waals surface area (Å²) in [5, 5.41) is 21.9. The van der Waals surface area contributed by atoms with E-state index in [-0.39, 0.29) is 11.2 Å². The second-order valence-electron chi connectivity index (χ2n) is 8.49. The minimum absolute atomic E-state index is 0.134. The van der Waals surface area contributed by atoms with Gasteiger partial charge in [-0.1, -0.05) is 12.1 Å². The number of hydrogen-bond donors (Lipinski definition) is 2. The van der Waals surface area contributed by atoms with Gasteiger partial charge in [0, 0.05) is 11.8 Å². The highest BCUT2D eigenvalue weighted by atomic mass is 19.4. The van der Waals surface area contributed by atoms with Gasteiger partial charge in [-0.05, 0) is 45.4 Å². The Kier molecular flexibility index (Phi) is 5.97. The number of fused-ring (bicyclic) bond motifs is 1. The quantitative estimate of drug-likeness (QED) is 0.427. The van der Waals surface area contributed by atoms with Crippen LogP contribution in [0.4, 0.5) is 13.2 Å². The molecule has 0 bridgehead atoms. The molecule has 2 N–H and O–H groups in total. The molecular formula is C22H22F3N7O3. The maximum atomic E-state index is 13.2. The van der Waals surface area contributed by atoms with Gasteiger partial charge in [-0.2, -0.15) is 10.2 Å². The van der Waals surface area contributed by atoms with Crippen LogP contribution in [-0.2, 0) is 0 Å². The Labute approximate surface area is 197 Å². The minimum Gasteiger partial charge on any atom is -0.406 e. The normalized spacial score (nSPS) is 13.1. The molecule has 1 aromatic carbocycles. The van der Waals surface area contributed by atoms with Crippen LogP contribution in [0.3, 0.4) is 0 Å². The maximum absolute atomic E-state index is 13.2. The van der Waals surface area contributed by atoms with Crippen LogP contribution in [0, 0.1) is 13.8 Å². The van der Waals surface area contributed by atoms with Gasteiger partial charge in [-0.15, -0.1) is 13.2 Å². The first-order valence-electron chi connectivity index (χ1n) is 10.4. The topological polar surface area (TPSA) is 119 Å². The molecule has 13 heteroatoms. The van der Waals surface area contributed by atoms with E-state index in [0.717, 1.165) is 17.7 Å². The predicted octanol–water partition coefficient (Wildman–Crippen LogP) is 3.07. The molecule has 1 amide bonds. The lowest BCUT2D eigenvalue weighted by Gasteiger charge is -2.30. The van der Waals surface area contributed by atoms with Gasteiger partial charge in [-0.25, -0.2) is 19.2 Å². The van der Waals surface area contributed by atoms with Crippen molar-refractivity contribution in [3.05, 3.63) is 65.5 Å². The lowest BCUT2D eigenvalue weighted by Crippen LogP contribution is -2.42. The zero-order valence-electron chi connectivity index (χ0n) is 19.2. The molecule has 4 aromatic rings. The Balaban J connectivity index is 1.65. The summed E-state index contributed by atoms with van der Waals surface area (Å²) < 4.78 is 44.2. The number of hydrogen-bond acceptors (Lipinski definition) is 7. The molecule has 0 spiro atoms. The molecule has 0 aliphatic rings. The summed E-state index contributed by atoms with van der Waals surface area (Å²) in [4.78, 5) is 21.9. The van der Waals surface area contributed by atoms with Gasteiger partial charge >= 0.3 is 6.36 Å². The molecule has 0 radical (unpaired) electrons. The minimum atomic E-state index is -4.83. The third-order valence-electron chi connectivity index (χ3n) is 5.15. The summed E-state index contributed by atoms with van der Waals surface area (Å²) in [6, 6.07) is 3.94. The summed E-state index contributed by atoms with van der Waals surface area (Å²) in [6.45, 7) is 6.50. The van der Waals surface area contributed by atoms with Crippen LogP contribution in [0.2, 0.25) is 0 Å². The second kappa shape index (κ2) is 8.65. The average molecular weight is 489 g/mol. The number of halogens is 3. The van der Waals surface area contributed by atoms with E-state index in [1.165, 1.54) is 47.7 Å². The van der Waals surface area contributed by atoms with Gasteiger partial charge in [0.15, 0.2) is 11.5 Å². The molecule has 0 saturated carbocycles. The molecule has 1 atom stereocenters. The summed E-state index contributed by atoms with van der Waals surface area (Å²) in [7, 11) is 0. The molecule has 184 valence electrons. The van der Waals surface area contributed by atoms with Crippen LogP contribution >= 0.6 is 0 Å². The summed E-state index contributed by atoms with van der Waals surface area (Å²) in [5.74, 6) is 0.0177. The molecule has 0 unspecified atom stereocenters. The molecule has 4 rings (SSSR count). The molecule has 0 saturated heterocycles. The van der Waals surface area contributed by atoms with Crippen molar-refractivity contribution < 1.29 is 27.8 Å². The van der Waals surface area contributed by atoms with E-state index in [2.05, 4.69) is 30.2 Å². The highest BCUT2D eigenvalue weighted by Crippen LogP contribution is 2.29. The van der Waals surface area contributed by atoms with Crippen molar-refractivity contribution in [2.75, 3.05) is 0 Å². The molecule has 3 aromatic heterocycles. The zero-order chi connectivity index (χ0) is 25.5. The Morgan fingerprint density at radius 1 is 1.17 bits per heavy atom. The second-order valence-corrected chi connectivity index (χ2v) is 8.49. The number of aromatic nitrogens is 6. The van der Waals surface area contributed by atoms with Crippen LogP contribution < -0.4 is 10.1 Å².